The van der Waals surface area contributed by atoms with E-state index in [-0.39, 0.29) is 5.92 Å². The van der Waals surface area contributed by atoms with Crippen LogP contribution in [0, 0.1) is 5.92 Å². The first kappa shape index (κ1) is 12.8. The van der Waals surface area contributed by atoms with Crippen molar-refractivity contribution in [3.05, 3.63) is 29.3 Å². The number of piperazine rings is 1. The molecule has 2 heterocycles. The van der Waals surface area contributed by atoms with E-state index in [1.165, 1.54) is 0 Å². The zero-order valence-electron chi connectivity index (χ0n) is 10.8. The molecule has 0 saturated carbocycles. The van der Waals surface area contributed by atoms with E-state index in [2.05, 4.69) is 16.3 Å². The highest BCUT2D eigenvalue weighted by Crippen LogP contribution is 2.21. The molecule has 1 aromatic rings. The molecule has 0 aliphatic carbocycles. The molecule has 2 aliphatic rings. The van der Waals surface area contributed by atoms with Crippen molar-refractivity contribution in [3.8, 4) is 0 Å². The molecule has 0 atom stereocenters. The Kier molecular flexibility index (Phi) is 3.62. The Morgan fingerprint density at radius 1 is 1.21 bits per heavy atom. The number of benzene rings is 1. The fraction of sp³-hybridized carbons (Fsp3) is 0.500. The highest BCUT2D eigenvalue weighted by molar-refractivity contribution is 6.30. The van der Waals surface area contributed by atoms with Crippen molar-refractivity contribution in [2.75, 3.05) is 44.2 Å². The fourth-order valence-corrected chi connectivity index (χ4v) is 2.76. The summed E-state index contributed by atoms with van der Waals surface area (Å²) in [5, 5.41) is 3.91. The van der Waals surface area contributed by atoms with Crippen LogP contribution in [-0.4, -0.2) is 50.1 Å². The minimum atomic E-state index is 0.206. The predicted molar refractivity (Wildman–Crippen MR) is 76.6 cm³/mol. The van der Waals surface area contributed by atoms with Gasteiger partial charge in [-0.05, 0) is 18.2 Å². The van der Waals surface area contributed by atoms with Crippen LogP contribution in [0.5, 0.6) is 0 Å². The van der Waals surface area contributed by atoms with Gasteiger partial charge in [0.15, 0.2) is 0 Å². The van der Waals surface area contributed by atoms with Gasteiger partial charge in [-0.3, -0.25) is 4.79 Å². The number of carbonyl (C=O) groups is 1. The first-order valence-electron chi connectivity index (χ1n) is 6.74. The number of hydrogen-bond donors (Lipinski definition) is 1. The van der Waals surface area contributed by atoms with Crippen LogP contribution in [0.2, 0.25) is 5.02 Å². The smallest absolute Gasteiger partial charge is 0.228 e. The molecular weight excluding hydrogens is 262 g/mol. The number of halogens is 1. The van der Waals surface area contributed by atoms with Gasteiger partial charge in [0.1, 0.15) is 0 Å². The summed E-state index contributed by atoms with van der Waals surface area (Å²) in [4.78, 5) is 16.4. The number of amides is 1. The first-order chi connectivity index (χ1) is 9.24. The van der Waals surface area contributed by atoms with Gasteiger partial charge in [-0.2, -0.15) is 0 Å². The second-order valence-corrected chi connectivity index (χ2v) is 5.58. The lowest BCUT2D eigenvalue weighted by Crippen LogP contribution is -2.56. The van der Waals surface area contributed by atoms with Crippen molar-refractivity contribution < 1.29 is 4.79 Å². The third-order valence-electron chi connectivity index (χ3n) is 3.90. The van der Waals surface area contributed by atoms with Gasteiger partial charge in [0, 0.05) is 50.0 Å². The van der Waals surface area contributed by atoms with Crippen LogP contribution in [0.15, 0.2) is 24.3 Å². The summed E-state index contributed by atoms with van der Waals surface area (Å²) < 4.78 is 0. The number of hydrogen-bond acceptors (Lipinski definition) is 3. The van der Waals surface area contributed by atoms with Crippen molar-refractivity contribution in [2.24, 2.45) is 5.92 Å². The summed E-state index contributed by atoms with van der Waals surface area (Å²) in [6, 6.07) is 7.90. The zero-order valence-corrected chi connectivity index (χ0v) is 11.6. The van der Waals surface area contributed by atoms with E-state index in [0.717, 1.165) is 50.0 Å². The maximum atomic E-state index is 12.1. The maximum Gasteiger partial charge on any atom is 0.228 e. The van der Waals surface area contributed by atoms with Gasteiger partial charge in [-0.15, -0.1) is 0 Å². The standard InChI is InChI=1S/C14H18ClN3O/c15-12-2-1-3-13(8-12)17-4-6-18(7-5-17)14(19)11-9-16-10-11/h1-3,8,11,16H,4-7,9-10H2. The summed E-state index contributed by atoms with van der Waals surface area (Å²) >= 11 is 6.01. The van der Waals surface area contributed by atoms with Gasteiger partial charge in [0.2, 0.25) is 5.91 Å². The van der Waals surface area contributed by atoms with Crippen LogP contribution in [0.3, 0.4) is 0 Å². The Morgan fingerprint density at radius 3 is 2.53 bits per heavy atom. The van der Waals surface area contributed by atoms with Crippen molar-refractivity contribution in [1.82, 2.24) is 10.2 Å². The van der Waals surface area contributed by atoms with Gasteiger partial charge < -0.3 is 15.1 Å². The molecule has 1 N–H and O–H groups in total. The quantitative estimate of drug-likeness (QED) is 0.884. The Labute approximate surface area is 118 Å². The van der Waals surface area contributed by atoms with Crippen LogP contribution in [-0.2, 0) is 4.79 Å². The molecule has 2 saturated heterocycles. The second kappa shape index (κ2) is 5.39. The van der Waals surface area contributed by atoms with Crippen molar-refractivity contribution in [2.45, 2.75) is 0 Å². The van der Waals surface area contributed by atoms with E-state index in [0.29, 0.717) is 5.91 Å². The lowest BCUT2D eigenvalue weighted by Gasteiger charge is -2.39. The van der Waals surface area contributed by atoms with Gasteiger partial charge in [-0.1, -0.05) is 17.7 Å². The molecule has 2 aliphatic heterocycles. The molecule has 0 radical (unpaired) electrons. The van der Waals surface area contributed by atoms with E-state index in [1.54, 1.807) is 0 Å². The lowest BCUT2D eigenvalue weighted by atomic mass is 10.0. The Bertz CT molecular complexity index is 468. The Morgan fingerprint density at radius 2 is 1.95 bits per heavy atom. The number of carbonyl (C=O) groups excluding carboxylic acids is 1. The molecule has 4 nitrogen and oxygen atoms in total. The number of nitrogens with one attached hydrogen (secondary N) is 1. The molecular formula is C14H18ClN3O. The normalized spacial score (nSPS) is 20.3. The molecule has 0 spiro atoms. The van der Waals surface area contributed by atoms with E-state index in [1.807, 2.05) is 23.1 Å². The lowest BCUT2D eigenvalue weighted by molar-refractivity contribution is -0.137. The van der Waals surface area contributed by atoms with E-state index in [4.69, 9.17) is 11.6 Å². The molecule has 5 heteroatoms. The molecule has 0 unspecified atom stereocenters. The molecule has 19 heavy (non-hydrogen) atoms. The largest absolute Gasteiger partial charge is 0.368 e. The van der Waals surface area contributed by atoms with Crippen LogP contribution in [0.25, 0.3) is 0 Å². The van der Waals surface area contributed by atoms with Crippen LogP contribution >= 0.6 is 11.6 Å². The monoisotopic (exact) mass is 279 g/mol. The zero-order chi connectivity index (χ0) is 13.2. The SMILES string of the molecule is O=C(C1CNC1)N1CCN(c2cccc(Cl)c2)CC1. The minimum Gasteiger partial charge on any atom is -0.368 e. The third kappa shape index (κ3) is 2.69. The van der Waals surface area contributed by atoms with Gasteiger partial charge >= 0.3 is 0 Å². The van der Waals surface area contributed by atoms with E-state index >= 15 is 0 Å². The summed E-state index contributed by atoms with van der Waals surface area (Å²) in [7, 11) is 0. The van der Waals surface area contributed by atoms with E-state index < -0.39 is 0 Å². The highest BCUT2D eigenvalue weighted by atomic mass is 35.5. The second-order valence-electron chi connectivity index (χ2n) is 5.15. The molecule has 0 bridgehead atoms. The third-order valence-corrected chi connectivity index (χ3v) is 4.13. The van der Waals surface area contributed by atoms with Crippen molar-refractivity contribution >= 4 is 23.2 Å². The average molecular weight is 280 g/mol. The molecule has 1 amide bonds. The summed E-state index contributed by atoms with van der Waals surface area (Å²) in [6.45, 7) is 5.06. The van der Waals surface area contributed by atoms with Crippen molar-refractivity contribution in [1.29, 1.82) is 0 Å². The Balaban J connectivity index is 1.58. The molecule has 102 valence electrons. The maximum absolute atomic E-state index is 12.1. The van der Waals surface area contributed by atoms with Crippen LogP contribution < -0.4 is 10.2 Å². The average Bonchev–Trinajstić information content (AvgIpc) is 2.37. The first-order valence-corrected chi connectivity index (χ1v) is 7.12. The Hall–Kier alpha value is -1.26. The van der Waals surface area contributed by atoms with Gasteiger partial charge in [-0.25, -0.2) is 0 Å². The predicted octanol–water partition coefficient (Wildman–Crippen LogP) is 1.21. The van der Waals surface area contributed by atoms with Crippen LogP contribution in [0.1, 0.15) is 0 Å². The molecule has 1 aromatic carbocycles. The molecule has 0 aromatic heterocycles. The van der Waals surface area contributed by atoms with Crippen LogP contribution in [0.4, 0.5) is 5.69 Å². The summed E-state index contributed by atoms with van der Waals surface area (Å²) in [5.74, 6) is 0.516. The summed E-state index contributed by atoms with van der Waals surface area (Å²) in [5.41, 5.74) is 1.14. The van der Waals surface area contributed by atoms with Crippen molar-refractivity contribution in [3.63, 3.8) is 0 Å². The topological polar surface area (TPSA) is 35.6 Å². The number of rotatable bonds is 2. The van der Waals surface area contributed by atoms with Gasteiger partial charge in [0.05, 0.1) is 5.92 Å². The van der Waals surface area contributed by atoms with Gasteiger partial charge in [0.25, 0.3) is 0 Å². The molecule has 2 fully saturated rings. The minimum absolute atomic E-state index is 0.206. The summed E-state index contributed by atoms with van der Waals surface area (Å²) in [6.07, 6.45) is 0. The number of nitrogens with zero attached hydrogens (tertiary/aromatic N) is 2. The highest BCUT2D eigenvalue weighted by Gasteiger charge is 2.31. The molecule has 3 rings (SSSR count). The number of anilines is 1. The fourth-order valence-electron chi connectivity index (χ4n) is 2.58. The van der Waals surface area contributed by atoms with E-state index in [9.17, 15) is 4.79 Å².